The van der Waals surface area contributed by atoms with Gasteiger partial charge in [-0.15, -0.1) is 0 Å². The molecule has 0 aliphatic heterocycles. The molecule has 24 heavy (non-hydrogen) atoms. The molecule has 0 heterocycles. The van der Waals surface area contributed by atoms with Crippen molar-refractivity contribution in [2.45, 2.75) is 117 Å². The molecule has 0 unspecified atom stereocenters. The van der Waals surface area contributed by atoms with E-state index in [0.29, 0.717) is 0 Å². The Hall–Kier alpha value is 1.53. The zero-order valence-corrected chi connectivity index (χ0v) is 23.3. The van der Waals surface area contributed by atoms with E-state index in [1.54, 1.807) is 0 Å². The summed E-state index contributed by atoms with van der Waals surface area (Å²) in [5.74, 6) is 0. The van der Waals surface area contributed by atoms with Gasteiger partial charge in [0.2, 0.25) is 0 Å². The molecule has 0 aliphatic carbocycles. The molecular formula is C19H43ClOOsP2. The quantitative estimate of drug-likeness (QED) is 0.175. The van der Waals surface area contributed by atoms with Gasteiger partial charge in [0, 0.05) is 0 Å². The molecule has 150 valence electrons. The average Bonchev–Trinajstić information content (AvgIpc) is 2.40. The Morgan fingerprint density at radius 3 is 0.583 bits per heavy atom. The van der Waals surface area contributed by atoms with Crippen LogP contribution in [0, 0.1) is 6.65 Å². The summed E-state index contributed by atoms with van der Waals surface area (Å²) < 4.78 is 7.50. The van der Waals surface area contributed by atoms with Crippen LogP contribution >= 0.6 is 25.5 Å². The van der Waals surface area contributed by atoms with Crippen molar-refractivity contribution >= 4 is 25.5 Å². The third-order valence-electron chi connectivity index (χ3n) is 3.58. The van der Waals surface area contributed by atoms with E-state index in [4.69, 9.17) is 14.3 Å². The Kier molecular flexibility index (Phi) is 28.8. The maximum absolute atomic E-state index is 7.50. The summed E-state index contributed by atoms with van der Waals surface area (Å²) in [5.41, 5.74) is 5.39. The Bertz CT molecular complexity index is 205. The minimum atomic E-state index is 0.262. The molecule has 1 nitrogen and oxygen atoms in total. The number of rotatable bonds is 6. The summed E-state index contributed by atoms with van der Waals surface area (Å²) in [6, 6.07) is 0. The molecule has 0 aromatic carbocycles. The topological polar surface area (TPSA) is 19.9 Å². The van der Waals surface area contributed by atoms with Gasteiger partial charge in [0.1, 0.15) is 0 Å². The normalized spacial score (nSPS) is 10.9. The van der Waals surface area contributed by atoms with E-state index in [1.807, 2.05) is 0 Å². The molecule has 0 bridgehead atoms. The van der Waals surface area contributed by atoms with Gasteiger partial charge in [-0.1, -0.05) is 98.9 Å². The predicted molar refractivity (Wildman–Crippen MR) is 116 cm³/mol. The maximum atomic E-state index is 7.50. The van der Waals surface area contributed by atoms with Gasteiger partial charge in [0.25, 0.3) is 0 Å². The van der Waals surface area contributed by atoms with Crippen molar-refractivity contribution in [3.05, 3.63) is 6.65 Å². The fourth-order valence-electron chi connectivity index (χ4n) is 3.58. The molecule has 0 aromatic rings. The molecule has 0 saturated heterocycles. The molecule has 0 rings (SSSR count). The minimum absolute atomic E-state index is 0.262. The Labute approximate surface area is 171 Å². The Morgan fingerprint density at radius 2 is 0.583 bits per heavy atom. The summed E-state index contributed by atoms with van der Waals surface area (Å²) in [6.07, 6.45) is 0. The monoisotopic (exact) mass is 576 g/mol. The van der Waals surface area contributed by atoms with Gasteiger partial charge in [0.15, 0.2) is 0 Å². The zero-order chi connectivity index (χ0) is 20.6. The summed E-state index contributed by atoms with van der Waals surface area (Å²) in [7, 11) is 5.22. The average molecular weight is 575 g/mol. The summed E-state index contributed by atoms with van der Waals surface area (Å²) in [6.45, 7) is 32.7. The first-order chi connectivity index (χ1) is 10.9. The van der Waals surface area contributed by atoms with E-state index in [-0.39, 0.29) is 15.8 Å². The molecule has 0 atom stereocenters. The van der Waals surface area contributed by atoms with Crippen molar-refractivity contribution < 1.29 is 22.3 Å². The van der Waals surface area contributed by atoms with E-state index in [2.05, 4.69) is 89.7 Å². The van der Waals surface area contributed by atoms with Crippen molar-refractivity contribution in [3.63, 3.8) is 0 Å². The fraction of sp³-hybridized carbons (Fsp3) is 0.947. The van der Waals surface area contributed by atoms with Gasteiger partial charge in [0.05, 0.1) is 0 Å². The van der Waals surface area contributed by atoms with Gasteiger partial charge < -0.3 is 0 Å². The SMILES string of the molecule is CC(C)P(C(C)C)C(C)C.CC(C)P(C(C)C)C(C)C.[C-]#[O+].[Cl][OsH]. The molecule has 5 heteroatoms. The van der Waals surface area contributed by atoms with Crippen molar-refractivity contribution in [2.75, 3.05) is 0 Å². The Balaban J connectivity index is -0.000000138. The molecule has 0 amide bonds. The van der Waals surface area contributed by atoms with E-state index in [9.17, 15) is 0 Å². The number of hydrogen-bond donors (Lipinski definition) is 0. The van der Waals surface area contributed by atoms with Gasteiger partial charge in [-0.3, -0.25) is 0 Å². The van der Waals surface area contributed by atoms with E-state index < -0.39 is 0 Å². The third-order valence-corrected chi connectivity index (χ3v) is 10.7. The van der Waals surface area contributed by atoms with Gasteiger partial charge >= 0.3 is 38.5 Å². The van der Waals surface area contributed by atoms with Crippen molar-refractivity contribution in [2.24, 2.45) is 0 Å². The predicted octanol–water partition coefficient (Wildman–Crippen LogP) is 7.77. The van der Waals surface area contributed by atoms with Crippen LogP contribution in [-0.2, 0) is 22.3 Å². The van der Waals surface area contributed by atoms with Crippen molar-refractivity contribution in [1.82, 2.24) is 0 Å². The summed E-state index contributed by atoms with van der Waals surface area (Å²) in [4.78, 5) is 0. The van der Waals surface area contributed by atoms with Crippen LogP contribution < -0.4 is 0 Å². The molecule has 0 N–H and O–H groups in total. The van der Waals surface area contributed by atoms with Crippen LogP contribution in [-0.4, -0.2) is 34.0 Å². The first-order valence-corrected chi connectivity index (χ1v) is 15.3. The van der Waals surface area contributed by atoms with Gasteiger partial charge in [-0.25, -0.2) is 0 Å². The standard InChI is InChI=1S/2C9H21P.CO.ClH.Os.H/c2*1-7(2)10(8(3)4)9(5)6;1-2;;;/h2*7-9H,1-6H3;;1H;;/q;;;;+1;/p-1. The molecular weight excluding hydrogens is 532 g/mol. The fourth-order valence-corrected chi connectivity index (χ4v) is 10.7. The molecule has 0 radical (unpaired) electrons. The Morgan fingerprint density at radius 1 is 0.500 bits per heavy atom. The second-order valence-corrected chi connectivity index (χ2v) is 15.4. The molecule has 0 aromatic heterocycles. The summed E-state index contributed by atoms with van der Waals surface area (Å²) in [5, 5.41) is 0. The second kappa shape index (κ2) is 20.8. The van der Waals surface area contributed by atoms with Crippen LogP contribution in [0.15, 0.2) is 0 Å². The van der Waals surface area contributed by atoms with E-state index in [1.165, 1.54) is 17.6 Å². The van der Waals surface area contributed by atoms with Crippen molar-refractivity contribution in [3.8, 4) is 0 Å². The van der Waals surface area contributed by atoms with Crippen LogP contribution in [0.5, 0.6) is 0 Å². The van der Waals surface area contributed by atoms with Crippen LogP contribution in [0.3, 0.4) is 0 Å². The number of halogens is 1. The molecule has 0 fully saturated rings. The van der Waals surface area contributed by atoms with Crippen LogP contribution in [0.2, 0.25) is 0 Å². The number of hydrogen-bond acceptors (Lipinski definition) is 0. The molecule has 0 spiro atoms. The van der Waals surface area contributed by atoms with Crippen LogP contribution in [0.4, 0.5) is 0 Å². The molecule has 0 aliphatic rings. The second-order valence-electron chi connectivity index (χ2n) is 7.46. The van der Waals surface area contributed by atoms with Gasteiger partial charge in [-0.2, -0.15) is 0 Å². The van der Waals surface area contributed by atoms with E-state index in [0.717, 1.165) is 34.0 Å². The van der Waals surface area contributed by atoms with Crippen LogP contribution in [0.25, 0.3) is 0 Å². The van der Waals surface area contributed by atoms with E-state index >= 15 is 0 Å². The van der Waals surface area contributed by atoms with Crippen LogP contribution in [0.1, 0.15) is 83.1 Å². The molecule has 0 saturated carbocycles. The first-order valence-electron chi connectivity index (χ1n) is 8.82. The first kappa shape index (κ1) is 33.1. The van der Waals surface area contributed by atoms with Gasteiger partial charge in [-0.05, 0) is 34.0 Å². The zero-order valence-electron chi connectivity index (χ0n) is 18.0. The summed E-state index contributed by atoms with van der Waals surface area (Å²) >= 11 is 1.19. The third kappa shape index (κ3) is 18.3. The van der Waals surface area contributed by atoms with Crippen molar-refractivity contribution in [1.29, 1.82) is 0 Å².